The summed E-state index contributed by atoms with van der Waals surface area (Å²) in [4.78, 5) is 0. The molecule has 0 spiro atoms. The molecule has 0 bridgehead atoms. The van der Waals surface area contributed by atoms with Gasteiger partial charge in [0.25, 0.3) is 0 Å². The van der Waals surface area contributed by atoms with Crippen LogP contribution in [0.5, 0.6) is 11.5 Å². The fourth-order valence-corrected chi connectivity index (χ4v) is 2.13. The van der Waals surface area contributed by atoms with Crippen molar-refractivity contribution in [3.8, 4) is 11.5 Å². The Kier molecular flexibility index (Phi) is 1.78. The summed E-state index contributed by atoms with van der Waals surface area (Å²) in [6.45, 7) is 4.83. The minimum Gasteiger partial charge on any atom is -0.454 e. The first-order valence-electron chi connectivity index (χ1n) is 5.37. The van der Waals surface area contributed by atoms with Gasteiger partial charge in [-0.3, -0.25) is 0 Å². The van der Waals surface area contributed by atoms with E-state index in [0.717, 1.165) is 17.9 Å². The molecule has 1 aromatic rings. The molecule has 15 heavy (non-hydrogen) atoms. The summed E-state index contributed by atoms with van der Waals surface area (Å²) in [5, 5.41) is 0. The second-order valence-corrected chi connectivity index (χ2v) is 4.46. The van der Waals surface area contributed by atoms with E-state index in [1.54, 1.807) is 0 Å². The van der Waals surface area contributed by atoms with Crippen LogP contribution in [0, 0.1) is 5.92 Å². The van der Waals surface area contributed by atoms with Crippen LogP contribution < -0.4 is 9.47 Å². The largest absolute Gasteiger partial charge is 0.454 e. The van der Waals surface area contributed by atoms with Crippen LogP contribution in [0.2, 0.25) is 0 Å². The molecule has 78 valence electrons. The topological polar surface area (TPSA) is 18.5 Å². The Morgan fingerprint density at radius 3 is 2.60 bits per heavy atom. The van der Waals surface area contributed by atoms with E-state index in [1.807, 2.05) is 0 Å². The molecule has 0 unspecified atom stereocenters. The zero-order valence-electron chi connectivity index (χ0n) is 9.04. The fraction of sp³-hybridized carbons (Fsp3) is 0.385. The molecule has 2 nitrogen and oxygen atoms in total. The lowest BCUT2D eigenvalue weighted by Crippen LogP contribution is -1.94. The van der Waals surface area contributed by atoms with Gasteiger partial charge in [0.2, 0.25) is 6.79 Å². The Morgan fingerprint density at radius 2 is 1.87 bits per heavy atom. The van der Waals surface area contributed by atoms with Crippen LogP contribution in [-0.2, 0) is 6.42 Å². The Balaban J connectivity index is 2.03. The molecule has 1 aliphatic heterocycles. The predicted octanol–water partition coefficient (Wildman–Crippen LogP) is 3.01. The molecule has 0 fully saturated rings. The SMILES string of the molecule is CC(C)C1=Cc2cc3c(cc2C1)OCO3. The van der Waals surface area contributed by atoms with Crippen LogP contribution in [0.4, 0.5) is 0 Å². The third-order valence-corrected chi connectivity index (χ3v) is 3.11. The number of rotatable bonds is 1. The summed E-state index contributed by atoms with van der Waals surface area (Å²) in [6, 6.07) is 4.20. The summed E-state index contributed by atoms with van der Waals surface area (Å²) in [5.41, 5.74) is 4.15. The number of hydrogen-bond acceptors (Lipinski definition) is 2. The van der Waals surface area contributed by atoms with E-state index < -0.39 is 0 Å². The van der Waals surface area contributed by atoms with Gasteiger partial charge < -0.3 is 9.47 Å². The third kappa shape index (κ3) is 1.32. The van der Waals surface area contributed by atoms with Crippen molar-refractivity contribution in [2.75, 3.05) is 6.79 Å². The summed E-state index contributed by atoms with van der Waals surface area (Å²) < 4.78 is 10.7. The maximum absolute atomic E-state index is 5.37. The first kappa shape index (κ1) is 8.84. The maximum Gasteiger partial charge on any atom is 0.231 e. The molecule has 0 saturated heterocycles. The van der Waals surface area contributed by atoms with Gasteiger partial charge in [-0.15, -0.1) is 0 Å². The molecule has 0 radical (unpaired) electrons. The average Bonchev–Trinajstić information content (AvgIpc) is 2.77. The molecule has 1 aliphatic carbocycles. The number of benzene rings is 1. The first-order chi connectivity index (χ1) is 7.24. The monoisotopic (exact) mass is 202 g/mol. The van der Waals surface area contributed by atoms with Crippen molar-refractivity contribution in [1.29, 1.82) is 0 Å². The Labute approximate surface area is 89.5 Å². The smallest absolute Gasteiger partial charge is 0.231 e. The zero-order valence-corrected chi connectivity index (χ0v) is 9.04. The molecular formula is C13H14O2. The molecule has 2 heteroatoms. The molecule has 1 heterocycles. The van der Waals surface area contributed by atoms with Gasteiger partial charge in [-0.05, 0) is 35.6 Å². The van der Waals surface area contributed by atoms with Gasteiger partial charge in [0.05, 0.1) is 0 Å². The van der Waals surface area contributed by atoms with Gasteiger partial charge in [-0.25, -0.2) is 0 Å². The quantitative estimate of drug-likeness (QED) is 0.697. The molecule has 0 aromatic heterocycles. The molecule has 0 atom stereocenters. The van der Waals surface area contributed by atoms with E-state index in [4.69, 9.17) is 9.47 Å². The van der Waals surface area contributed by atoms with Crippen LogP contribution >= 0.6 is 0 Å². The highest BCUT2D eigenvalue weighted by Gasteiger charge is 2.21. The first-order valence-corrected chi connectivity index (χ1v) is 5.37. The summed E-state index contributed by atoms with van der Waals surface area (Å²) in [7, 11) is 0. The average molecular weight is 202 g/mol. The van der Waals surface area contributed by atoms with Crippen LogP contribution in [0.3, 0.4) is 0 Å². The van der Waals surface area contributed by atoms with Crippen LogP contribution in [0.25, 0.3) is 6.08 Å². The second kappa shape index (κ2) is 3.02. The number of allylic oxidation sites excluding steroid dienone is 1. The van der Waals surface area contributed by atoms with E-state index in [-0.39, 0.29) is 0 Å². The van der Waals surface area contributed by atoms with Crippen molar-refractivity contribution in [3.05, 3.63) is 28.8 Å². The minimum absolute atomic E-state index is 0.360. The van der Waals surface area contributed by atoms with Gasteiger partial charge in [-0.2, -0.15) is 0 Å². The van der Waals surface area contributed by atoms with Gasteiger partial charge in [0.1, 0.15) is 0 Å². The lowest BCUT2D eigenvalue weighted by molar-refractivity contribution is 0.174. The number of fused-ring (bicyclic) bond motifs is 2. The second-order valence-electron chi connectivity index (χ2n) is 4.46. The number of ether oxygens (including phenoxy) is 2. The summed E-state index contributed by atoms with van der Waals surface area (Å²) in [5.74, 6) is 2.40. The molecule has 2 aliphatic rings. The highest BCUT2D eigenvalue weighted by Crippen LogP contribution is 2.39. The predicted molar refractivity (Wildman–Crippen MR) is 59.1 cm³/mol. The Bertz CT molecular complexity index is 444. The highest BCUT2D eigenvalue weighted by molar-refractivity contribution is 5.68. The molecule has 1 aromatic carbocycles. The van der Waals surface area contributed by atoms with Crippen LogP contribution in [0.1, 0.15) is 25.0 Å². The highest BCUT2D eigenvalue weighted by atomic mass is 16.7. The normalized spacial score (nSPS) is 16.9. The third-order valence-electron chi connectivity index (χ3n) is 3.11. The molecule has 3 rings (SSSR count). The van der Waals surface area contributed by atoms with Crippen molar-refractivity contribution in [2.45, 2.75) is 20.3 Å². The van der Waals surface area contributed by atoms with E-state index in [9.17, 15) is 0 Å². The Morgan fingerprint density at radius 1 is 1.13 bits per heavy atom. The molecule has 0 amide bonds. The zero-order chi connectivity index (χ0) is 10.4. The van der Waals surface area contributed by atoms with Gasteiger partial charge in [0, 0.05) is 0 Å². The minimum atomic E-state index is 0.360. The van der Waals surface area contributed by atoms with Crippen molar-refractivity contribution in [3.63, 3.8) is 0 Å². The van der Waals surface area contributed by atoms with Crippen LogP contribution in [0.15, 0.2) is 17.7 Å². The lowest BCUT2D eigenvalue weighted by atomic mass is 10.0. The number of hydrogen-bond donors (Lipinski definition) is 0. The summed E-state index contributed by atoms with van der Waals surface area (Å²) >= 11 is 0. The summed E-state index contributed by atoms with van der Waals surface area (Å²) in [6.07, 6.45) is 3.34. The van der Waals surface area contributed by atoms with Crippen molar-refractivity contribution >= 4 is 6.08 Å². The van der Waals surface area contributed by atoms with Crippen molar-refractivity contribution < 1.29 is 9.47 Å². The van der Waals surface area contributed by atoms with E-state index in [0.29, 0.717) is 12.7 Å². The van der Waals surface area contributed by atoms with Crippen molar-refractivity contribution in [1.82, 2.24) is 0 Å². The molecule has 0 saturated carbocycles. The fourth-order valence-electron chi connectivity index (χ4n) is 2.13. The van der Waals surface area contributed by atoms with Gasteiger partial charge in [-0.1, -0.05) is 25.5 Å². The van der Waals surface area contributed by atoms with E-state index >= 15 is 0 Å². The molecular weight excluding hydrogens is 188 g/mol. The van der Waals surface area contributed by atoms with E-state index in [1.165, 1.54) is 16.7 Å². The van der Waals surface area contributed by atoms with Crippen LogP contribution in [-0.4, -0.2) is 6.79 Å². The van der Waals surface area contributed by atoms with Gasteiger partial charge in [0.15, 0.2) is 11.5 Å². The molecule has 0 N–H and O–H groups in total. The standard InChI is InChI=1S/C13H14O2/c1-8(2)9-3-10-5-12-13(15-7-14-12)6-11(10)4-9/h3,5-6,8H,4,7H2,1-2H3. The lowest BCUT2D eigenvalue weighted by Gasteiger charge is -2.04. The van der Waals surface area contributed by atoms with Gasteiger partial charge >= 0.3 is 0 Å². The Hall–Kier alpha value is -1.44. The maximum atomic E-state index is 5.37. The van der Waals surface area contributed by atoms with Crippen molar-refractivity contribution in [2.24, 2.45) is 5.92 Å². The van der Waals surface area contributed by atoms with E-state index in [2.05, 4.69) is 32.1 Å².